The molecule has 2 aromatic carbocycles. The minimum absolute atomic E-state index is 0.274. The smallest absolute Gasteiger partial charge is 0.213 e. The number of aromatic nitrogens is 1. The third-order valence-corrected chi connectivity index (χ3v) is 5.09. The van der Waals surface area contributed by atoms with Gasteiger partial charge in [-0.2, -0.15) is 5.26 Å². The van der Waals surface area contributed by atoms with Crippen LogP contribution in [0.1, 0.15) is 36.5 Å². The Kier molecular flexibility index (Phi) is 3.77. The van der Waals surface area contributed by atoms with E-state index < -0.39 is 0 Å². The molecule has 0 aliphatic carbocycles. The van der Waals surface area contributed by atoms with Crippen LogP contribution < -0.4 is 4.57 Å². The van der Waals surface area contributed by atoms with E-state index in [0.29, 0.717) is 11.1 Å². The highest BCUT2D eigenvalue weighted by molar-refractivity contribution is 6.13. The highest BCUT2D eigenvalue weighted by Gasteiger charge is 2.22. The van der Waals surface area contributed by atoms with Crippen LogP contribution in [0.2, 0.25) is 0 Å². The lowest BCUT2D eigenvalue weighted by Crippen LogP contribution is -2.30. The molecule has 26 heavy (non-hydrogen) atoms. The molecular weight excluding hydrogens is 320 g/mol. The summed E-state index contributed by atoms with van der Waals surface area (Å²) in [6, 6.07) is 16.8. The molecule has 0 radical (unpaired) electrons. The number of fused-ring (bicyclic) bond motifs is 3. The molecule has 3 nitrogen and oxygen atoms in total. The molecule has 0 fully saturated rings. The summed E-state index contributed by atoms with van der Waals surface area (Å²) in [4.78, 5) is 0. The molecule has 0 saturated carbocycles. The van der Waals surface area contributed by atoms with E-state index in [1.807, 2.05) is 31.4 Å². The summed E-state index contributed by atoms with van der Waals surface area (Å²) < 4.78 is 8.31. The van der Waals surface area contributed by atoms with Gasteiger partial charge in [0, 0.05) is 22.9 Å². The number of nitrogens with zero attached hydrogens (tertiary/aromatic N) is 2. The molecule has 4 aromatic rings. The lowest BCUT2D eigenvalue weighted by molar-refractivity contribution is -0.660. The Morgan fingerprint density at radius 1 is 1.08 bits per heavy atom. The zero-order chi connectivity index (χ0) is 18.4. The predicted molar refractivity (Wildman–Crippen MR) is 104 cm³/mol. The molecule has 0 aliphatic rings. The lowest BCUT2D eigenvalue weighted by atomic mass is 9.93. The first-order chi connectivity index (χ1) is 12.5. The molecule has 3 heteroatoms. The van der Waals surface area contributed by atoms with Gasteiger partial charge in [-0.3, -0.25) is 0 Å². The summed E-state index contributed by atoms with van der Waals surface area (Å²) in [5.74, 6) is 0.274. The van der Waals surface area contributed by atoms with Crippen molar-refractivity contribution in [2.24, 2.45) is 7.05 Å². The van der Waals surface area contributed by atoms with Gasteiger partial charge in [-0.1, -0.05) is 32.0 Å². The van der Waals surface area contributed by atoms with E-state index in [1.165, 1.54) is 5.56 Å². The average molecular weight is 341 g/mol. The first kappa shape index (κ1) is 16.4. The molecule has 2 heterocycles. The van der Waals surface area contributed by atoms with Crippen molar-refractivity contribution < 1.29 is 8.98 Å². The Hall–Kier alpha value is -3.12. The second-order valence-corrected chi connectivity index (χ2v) is 7.10. The minimum atomic E-state index is 0.274. The molecule has 0 unspecified atom stereocenters. The molecule has 0 N–H and O–H groups in total. The van der Waals surface area contributed by atoms with Gasteiger partial charge < -0.3 is 4.42 Å². The number of pyridine rings is 1. The van der Waals surface area contributed by atoms with Gasteiger partial charge in [0.15, 0.2) is 11.8 Å². The van der Waals surface area contributed by atoms with Crippen molar-refractivity contribution in [3.63, 3.8) is 0 Å². The van der Waals surface area contributed by atoms with Crippen LogP contribution in [0.5, 0.6) is 0 Å². The predicted octanol–water partition coefficient (Wildman–Crippen LogP) is 5.38. The second kappa shape index (κ2) is 6.00. The van der Waals surface area contributed by atoms with Crippen molar-refractivity contribution in [2.75, 3.05) is 0 Å². The molecule has 0 atom stereocenters. The maximum Gasteiger partial charge on any atom is 0.213 e. The average Bonchev–Trinajstić information content (AvgIpc) is 3.00. The highest BCUT2D eigenvalue weighted by Crippen LogP contribution is 2.40. The van der Waals surface area contributed by atoms with Crippen molar-refractivity contribution in [3.8, 4) is 17.3 Å². The van der Waals surface area contributed by atoms with Gasteiger partial charge in [0.05, 0.1) is 11.1 Å². The largest absolute Gasteiger partial charge is 0.455 e. The van der Waals surface area contributed by atoms with Crippen molar-refractivity contribution in [2.45, 2.75) is 26.7 Å². The van der Waals surface area contributed by atoms with E-state index in [9.17, 15) is 5.26 Å². The maximum absolute atomic E-state index is 9.76. The number of nitriles is 1. The normalized spacial score (nSPS) is 11.4. The molecule has 4 rings (SSSR count). The number of hydrogen-bond acceptors (Lipinski definition) is 2. The van der Waals surface area contributed by atoms with Crippen molar-refractivity contribution >= 4 is 21.9 Å². The van der Waals surface area contributed by atoms with Crippen LogP contribution in [0, 0.1) is 18.3 Å². The van der Waals surface area contributed by atoms with Crippen molar-refractivity contribution in [1.82, 2.24) is 0 Å². The fourth-order valence-electron chi connectivity index (χ4n) is 3.76. The Labute approximate surface area is 153 Å². The van der Waals surface area contributed by atoms with E-state index in [1.54, 1.807) is 0 Å². The van der Waals surface area contributed by atoms with Gasteiger partial charge in [-0.05, 0) is 36.1 Å². The minimum Gasteiger partial charge on any atom is -0.455 e. The number of aryl methyl sites for hydroxylation is 2. The second-order valence-electron chi connectivity index (χ2n) is 7.10. The summed E-state index contributed by atoms with van der Waals surface area (Å²) in [6.07, 6.45) is 2.05. The zero-order valence-corrected chi connectivity index (χ0v) is 15.5. The fourth-order valence-corrected chi connectivity index (χ4v) is 3.76. The third kappa shape index (κ3) is 2.30. The first-order valence-corrected chi connectivity index (χ1v) is 8.86. The molecular formula is C23H21N2O+. The Morgan fingerprint density at radius 3 is 2.58 bits per heavy atom. The SMILES string of the molecule is Cc1ccc2oc3c(C#N)c(C(C)C)ccc3c2c1-c1cccc[n+]1C. The van der Waals surface area contributed by atoms with Crippen molar-refractivity contribution in [1.29, 1.82) is 5.26 Å². The van der Waals surface area contributed by atoms with Crippen LogP contribution in [0.4, 0.5) is 0 Å². The van der Waals surface area contributed by atoms with Crippen LogP contribution in [0.15, 0.2) is 53.1 Å². The van der Waals surface area contributed by atoms with Crippen LogP contribution in [0.25, 0.3) is 33.2 Å². The summed E-state index contributed by atoms with van der Waals surface area (Å²) in [6.45, 7) is 6.32. The number of benzene rings is 2. The van der Waals surface area contributed by atoms with E-state index >= 15 is 0 Å². The summed E-state index contributed by atoms with van der Waals surface area (Å²) >= 11 is 0. The molecule has 2 aromatic heterocycles. The van der Waals surface area contributed by atoms with Gasteiger partial charge >= 0.3 is 0 Å². The molecule has 0 aliphatic heterocycles. The zero-order valence-electron chi connectivity index (χ0n) is 15.5. The summed E-state index contributed by atoms with van der Waals surface area (Å²) in [7, 11) is 2.05. The molecule has 0 amide bonds. The topological polar surface area (TPSA) is 40.8 Å². The van der Waals surface area contributed by atoms with E-state index in [-0.39, 0.29) is 5.92 Å². The van der Waals surface area contributed by atoms with Crippen LogP contribution in [-0.2, 0) is 7.05 Å². The lowest BCUT2D eigenvalue weighted by Gasteiger charge is -2.08. The molecule has 128 valence electrons. The number of rotatable bonds is 2. The van der Waals surface area contributed by atoms with E-state index in [4.69, 9.17) is 4.42 Å². The standard InChI is InChI=1S/C23H21N2O/c1-14(2)16-9-10-17-22-20(26-23(17)18(16)13-24)11-8-15(3)21(22)19-7-5-6-12-25(19)4/h5-12,14H,1-4H3/q+1. The Balaban J connectivity index is 2.19. The van der Waals surface area contributed by atoms with E-state index in [2.05, 4.69) is 55.7 Å². The van der Waals surface area contributed by atoms with Gasteiger partial charge in [-0.25, -0.2) is 4.57 Å². The third-order valence-electron chi connectivity index (χ3n) is 5.09. The summed E-state index contributed by atoms with van der Waals surface area (Å²) in [5.41, 5.74) is 6.67. The highest BCUT2D eigenvalue weighted by atomic mass is 16.3. The molecule has 0 saturated heterocycles. The number of furan rings is 1. The Morgan fingerprint density at radius 2 is 1.88 bits per heavy atom. The molecule has 0 bridgehead atoms. The maximum atomic E-state index is 9.76. The van der Waals surface area contributed by atoms with Crippen LogP contribution in [-0.4, -0.2) is 0 Å². The fraction of sp³-hybridized carbons (Fsp3) is 0.217. The van der Waals surface area contributed by atoms with E-state index in [0.717, 1.165) is 33.2 Å². The van der Waals surface area contributed by atoms with Gasteiger partial charge in [-0.15, -0.1) is 0 Å². The summed E-state index contributed by atoms with van der Waals surface area (Å²) in [5, 5.41) is 11.8. The van der Waals surface area contributed by atoms with Gasteiger partial charge in [0.1, 0.15) is 18.7 Å². The first-order valence-electron chi connectivity index (χ1n) is 8.86. The molecule has 0 spiro atoms. The van der Waals surface area contributed by atoms with Crippen LogP contribution in [0.3, 0.4) is 0 Å². The Bertz CT molecular complexity index is 1190. The quantitative estimate of drug-likeness (QED) is 0.459. The van der Waals surface area contributed by atoms with Gasteiger partial charge in [0.2, 0.25) is 5.69 Å². The number of hydrogen-bond donors (Lipinski definition) is 0. The van der Waals surface area contributed by atoms with Gasteiger partial charge in [0.25, 0.3) is 0 Å². The monoisotopic (exact) mass is 341 g/mol. The van der Waals surface area contributed by atoms with Crippen LogP contribution >= 0.6 is 0 Å². The van der Waals surface area contributed by atoms with Crippen molar-refractivity contribution in [3.05, 3.63) is 65.4 Å².